The fraction of sp³-hybridized carbons (Fsp3) is 0.167. The number of aromatic hydroxyl groups is 1. The number of H-pyrrole nitrogens is 1. The van der Waals surface area contributed by atoms with Crippen LogP contribution in [0.1, 0.15) is 23.6 Å². The highest BCUT2D eigenvalue weighted by molar-refractivity contribution is 6.32. The molecule has 0 aliphatic heterocycles. The Hall–Kier alpha value is -3.51. The first-order valence-corrected chi connectivity index (χ1v) is 10.3. The number of carbonyl (C=O) groups excluding carboxylic acids is 1. The standard InChI is InChI=1S/C24H22ClN3O3/c1-2-31-21(29)13-15-11-17(24(30)18(25)12-15)22-16(10-14-6-4-3-5-7-14)23-19(27-22)8-9-20(26)28-23/h3-9,11-12,27,30H,2,10,13H2,1H3,(H2,26,28). The number of benzene rings is 2. The molecule has 2 aromatic carbocycles. The SMILES string of the molecule is CCOC(=O)Cc1cc(Cl)c(O)c(-c2[nH]c3ccc(N)nc3c2Cc2ccccc2)c1. The van der Waals surface area contributed by atoms with Crippen LogP contribution in [0.4, 0.5) is 5.82 Å². The predicted molar refractivity (Wildman–Crippen MR) is 122 cm³/mol. The topological polar surface area (TPSA) is 101 Å². The van der Waals surface area contributed by atoms with E-state index in [4.69, 9.17) is 22.1 Å². The average Bonchev–Trinajstić information content (AvgIpc) is 3.09. The van der Waals surface area contributed by atoms with Crippen molar-refractivity contribution in [3.05, 3.63) is 76.3 Å². The molecule has 0 aliphatic rings. The quantitative estimate of drug-likeness (QED) is 0.375. The van der Waals surface area contributed by atoms with E-state index in [1.807, 2.05) is 36.4 Å². The summed E-state index contributed by atoms with van der Waals surface area (Å²) in [5.41, 5.74) is 11.3. The zero-order valence-corrected chi connectivity index (χ0v) is 17.7. The minimum Gasteiger partial charge on any atom is -0.506 e. The molecule has 4 N–H and O–H groups in total. The van der Waals surface area contributed by atoms with Crippen molar-refractivity contribution in [3.8, 4) is 17.0 Å². The van der Waals surface area contributed by atoms with Gasteiger partial charge in [-0.2, -0.15) is 0 Å². The minimum atomic E-state index is -0.356. The second-order valence-corrected chi connectivity index (χ2v) is 7.64. The van der Waals surface area contributed by atoms with Crippen LogP contribution in [0, 0.1) is 0 Å². The Bertz CT molecular complexity index is 1250. The third-order valence-corrected chi connectivity index (χ3v) is 5.32. The molecule has 0 saturated carbocycles. The number of nitrogens with two attached hydrogens (primary N) is 1. The van der Waals surface area contributed by atoms with Crippen molar-refractivity contribution in [2.75, 3.05) is 12.3 Å². The van der Waals surface area contributed by atoms with Crippen molar-refractivity contribution < 1.29 is 14.6 Å². The van der Waals surface area contributed by atoms with E-state index in [1.54, 1.807) is 25.1 Å². The van der Waals surface area contributed by atoms with Gasteiger partial charge >= 0.3 is 5.97 Å². The number of nitrogens with one attached hydrogen (secondary N) is 1. The first-order valence-electron chi connectivity index (χ1n) is 9.94. The monoisotopic (exact) mass is 435 g/mol. The number of aromatic amines is 1. The predicted octanol–water partition coefficient (Wildman–Crippen LogP) is 4.87. The number of rotatable bonds is 6. The van der Waals surface area contributed by atoms with Gasteiger partial charge in [0.05, 0.1) is 34.8 Å². The fourth-order valence-electron chi connectivity index (χ4n) is 3.66. The summed E-state index contributed by atoms with van der Waals surface area (Å²) in [5.74, 6) is -0.0143. The number of anilines is 1. The van der Waals surface area contributed by atoms with Gasteiger partial charge in [0.2, 0.25) is 0 Å². The highest BCUT2D eigenvalue weighted by Gasteiger charge is 2.20. The Labute approximate surface area is 184 Å². The lowest BCUT2D eigenvalue weighted by atomic mass is 9.98. The molecule has 0 saturated heterocycles. The van der Waals surface area contributed by atoms with E-state index >= 15 is 0 Å². The zero-order chi connectivity index (χ0) is 22.0. The molecule has 2 heterocycles. The number of phenols is 1. The molecular weight excluding hydrogens is 414 g/mol. The van der Waals surface area contributed by atoms with Crippen molar-refractivity contribution >= 4 is 34.4 Å². The molecule has 0 unspecified atom stereocenters. The maximum atomic E-state index is 12.0. The molecule has 31 heavy (non-hydrogen) atoms. The number of carbonyl (C=O) groups is 1. The van der Waals surface area contributed by atoms with Crippen LogP contribution in [0.3, 0.4) is 0 Å². The van der Waals surface area contributed by atoms with Gasteiger partial charge in [-0.15, -0.1) is 0 Å². The third kappa shape index (κ3) is 4.34. The van der Waals surface area contributed by atoms with Gasteiger partial charge in [-0.1, -0.05) is 41.9 Å². The van der Waals surface area contributed by atoms with Crippen molar-refractivity contribution in [2.45, 2.75) is 19.8 Å². The maximum Gasteiger partial charge on any atom is 0.310 e. The summed E-state index contributed by atoms with van der Waals surface area (Å²) in [6.07, 6.45) is 0.631. The van der Waals surface area contributed by atoms with Gasteiger partial charge in [-0.3, -0.25) is 4.79 Å². The summed E-state index contributed by atoms with van der Waals surface area (Å²) in [7, 11) is 0. The number of hydrogen-bond donors (Lipinski definition) is 3. The van der Waals surface area contributed by atoms with Crippen molar-refractivity contribution in [3.63, 3.8) is 0 Å². The van der Waals surface area contributed by atoms with E-state index in [1.165, 1.54) is 0 Å². The lowest BCUT2D eigenvalue weighted by Gasteiger charge is -2.11. The van der Waals surface area contributed by atoms with Gasteiger partial charge in [-0.05, 0) is 42.3 Å². The van der Waals surface area contributed by atoms with E-state index in [0.717, 1.165) is 22.2 Å². The molecule has 0 atom stereocenters. The zero-order valence-electron chi connectivity index (χ0n) is 17.0. The number of nitrogen functional groups attached to an aromatic ring is 1. The van der Waals surface area contributed by atoms with Crippen LogP contribution in [-0.4, -0.2) is 27.7 Å². The van der Waals surface area contributed by atoms with Crippen LogP contribution in [0.5, 0.6) is 5.75 Å². The summed E-state index contributed by atoms with van der Waals surface area (Å²) in [6, 6.07) is 16.9. The number of nitrogens with zero attached hydrogens (tertiary/aromatic N) is 1. The van der Waals surface area contributed by atoms with Crippen LogP contribution < -0.4 is 5.73 Å². The molecule has 7 heteroatoms. The summed E-state index contributed by atoms with van der Waals surface area (Å²) in [6.45, 7) is 2.06. The second kappa shape index (κ2) is 8.70. The molecular formula is C24H22ClN3O3. The Morgan fingerprint density at radius 3 is 2.68 bits per heavy atom. The first kappa shape index (κ1) is 20.8. The van der Waals surface area contributed by atoms with Gasteiger partial charge in [-0.25, -0.2) is 4.98 Å². The van der Waals surface area contributed by atoms with Crippen LogP contribution in [0.25, 0.3) is 22.3 Å². The number of ether oxygens (including phenoxy) is 1. The number of pyridine rings is 1. The van der Waals surface area contributed by atoms with Crippen molar-refractivity contribution in [1.82, 2.24) is 9.97 Å². The van der Waals surface area contributed by atoms with Gasteiger partial charge in [0.25, 0.3) is 0 Å². The summed E-state index contributed by atoms with van der Waals surface area (Å²) < 4.78 is 5.05. The largest absolute Gasteiger partial charge is 0.506 e. The summed E-state index contributed by atoms with van der Waals surface area (Å²) >= 11 is 6.31. The van der Waals surface area contributed by atoms with Crippen molar-refractivity contribution in [1.29, 1.82) is 0 Å². The van der Waals surface area contributed by atoms with Crippen LogP contribution >= 0.6 is 11.6 Å². The van der Waals surface area contributed by atoms with Gasteiger partial charge < -0.3 is 20.6 Å². The number of esters is 1. The first-order chi connectivity index (χ1) is 15.0. The number of aromatic nitrogens is 2. The highest BCUT2D eigenvalue weighted by atomic mass is 35.5. The Kier molecular flexibility index (Phi) is 5.82. The van der Waals surface area contributed by atoms with E-state index in [0.29, 0.717) is 35.7 Å². The summed E-state index contributed by atoms with van der Waals surface area (Å²) in [5, 5.41) is 10.9. The maximum absolute atomic E-state index is 12.0. The third-order valence-electron chi connectivity index (χ3n) is 5.03. The molecule has 4 aromatic rings. The molecule has 2 aromatic heterocycles. The highest BCUT2D eigenvalue weighted by Crippen LogP contribution is 2.40. The minimum absolute atomic E-state index is 0.0558. The molecule has 4 rings (SSSR count). The Balaban J connectivity index is 1.88. The van der Waals surface area contributed by atoms with Crippen LogP contribution in [0.2, 0.25) is 5.02 Å². The molecule has 6 nitrogen and oxygen atoms in total. The molecule has 0 radical (unpaired) electrons. The lowest BCUT2D eigenvalue weighted by Crippen LogP contribution is -2.07. The smallest absolute Gasteiger partial charge is 0.310 e. The number of fused-ring (bicyclic) bond motifs is 1. The molecule has 0 fully saturated rings. The van der Waals surface area contributed by atoms with Crippen molar-refractivity contribution in [2.24, 2.45) is 0 Å². The number of hydrogen-bond acceptors (Lipinski definition) is 5. The molecule has 0 amide bonds. The normalized spacial score (nSPS) is 11.0. The van der Waals surface area contributed by atoms with E-state index in [-0.39, 0.29) is 23.2 Å². The Morgan fingerprint density at radius 1 is 1.16 bits per heavy atom. The van der Waals surface area contributed by atoms with E-state index in [9.17, 15) is 9.90 Å². The van der Waals surface area contributed by atoms with Gasteiger partial charge in [0.15, 0.2) is 0 Å². The number of halogens is 1. The van der Waals surface area contributed by atoms with E-state index in [2.05, 4.69) is 9.97 Å². The lowest BCUT2D eigenvalue weighted by molar-refractivity contribution is -0.142. The molecule has 0 bridgehead atoms. The van der Waals surface area contributed by atoms with Gasteiger partial charge in [0, 0.05) is 17.5 Å². The summed E-state index contributed by atoms with van der Waals surface area (Å²) in [4.78, 5) is 19.9. The molecule has 158 valence electrons. The molecule has 0 aliphatic carbocycles. The molecule has 0 spiro atoms. The van der Waals surface area contributed by atoms with Crippen LogP contribution in [-0.2, 0) is 22.4 Å². The van der Waals surface area contributed by atoms with Crippen LogP contribution in [0.15, 0.2) is 54.6 Å². The van der Waals surface area contributed by atoms with Gasteiger partial charge in [0.1, 0.15) is 11.6 Å². The van der Waals surface area contributed by atoms with E-state index < -0.39 is 0 Å². The average molecular weight is 436 g/mol. The second-order valence-electron chi connectivity index (χ2n) is 7.23. The number of phenolic OH excluding ortho intramolecular Hbond substituents is 1. The Morgan fingerprint density at radius 2 is 1.94 bits per heavy atom. The fourth-order valence-corrected chi connectivity index (χ4v) is 3.90.